The fourth-order valence-electron chi connectivity index (χ4n) is 2.35. The van der Waals surface area contributed by atoms with Crippen molar-refractivity contribution >= 4 is 10.9 Å². The lowest BCUT2D eigenvalue weighted by atomic mass is 9.89. The highest BCUT2D eigenvalue weighted by atomic mass is 15.1. The number of nitrogens with zero attached hydrogens (tertiary/aromatic N) is 2. The van der Waals surface area contributed by atoms with E-state index in [9.17, 15) is 0 Å². The van der Waals surface area contributed by atoms with E-state index in [-0.39, 0.29) is 5.92 Å². The average Bonchev–Trinajstić information content (AvgIpc) is 2.96. The van der Waals surface area contributed by atoms with Crippen molar-refractivity contribution in [1.82, 2.24) is 15.5 Å². The molecule has 4 nitrogen and oxygen atoms in total. The largest absolute Gasteiger partial charge is 0.315 e. The average molecular weight is 212 g/mol. The maximum Gasteiger partial charge on any atom is 0.0676 e. The molecule has 0 spiro atoms. The summed E-state index contributed by atoms with van der Waals surface area (Å²) in [6.45, 7) is 1.68. The molecule has 0 radical (unpaired) electrons. The zero-order valence-corrected chi connectivity index (χ0v) is 8.77. The molecule has 3 rings (SSSR count). The minimum Gasteiger partial charge on any atom is -0.315 e. The molecule has 80 valence electrons. The molecule has 0 amide bonds. The van der Waals surface area contributed by atoms with Crippen LogP contribution in [-0.4, -0.2) is 23.3 Å². The summed E-state index contributed by atoms with van der Waals surface area (Å²) in [6.07, 6.45) is 1.81. The molecule has 2 heterocycles. The Morgan fingerprint density at radius 3 is 3.19 bits per heavy atom. The first-order valence-corrected chi connectivity index (χ1v) is 5.42. The molecular formula is C12H12N4. The molecule has 4 heteroatoms. The minimum absolute atomic E-state index is 0.0837. The van der Waals surface area contributed by atoms with Crippen LogP contribution in [-0.2, 0) is 0 Å². The van der Waals surface area contributed by atoms with E-state index in [2.05, 4.69) is 39.8 Å². The topological polar surface area (TPSA) is 64.5 Å². The van der Waals surface area contributed by atoms with Crippen LogP contribution in [0.2, 0.25) is 0 Å². The summed E-state index contributed by atoms with van der Waals surface area (Å²) >= 11 is 0. The molecule has 1 aliphatic heterocycles. The maximum atomic E-state index is 9.06. The molecule has 0 aliphatic carbocycles. The molecule has 1 aromatic heterocycles. The third-order valence-corrected chi connectivity index (χ3v) is 3.27. The van der Waals surface area contributed by atoms with E-state index in [0.717, 1.165) is 24.0 Å². The number of hydrogen-bond acceptors (Lipinski definition) is 3. The van der Waals surface area contributed by atoms with Crippen LogP contribution in [0.1, 0.15) is 11.5 Å². The van der Waals surface area contributed by atoms with E-state index >= 15 is 0 Å². The molecule has 1 unspecified atom stereocenters. The fourth-order valence-corrected chi connectivity index (χ4v) is 2.35. The van der Waals surface area contributed by atoms with Crippen LogP contribution < -0.4 is 5.32 Å². The minimum atomic E-state index is 0.0837. The lowest BCUT2D eigenvalue weighted by molar-refractivity contribution is 0.647. The van der Waals surface area contributed by atoms with Crippen molar-refractivity contribution in [2.45, 2.75) is 5.92 Å². The number of H-pyrrole nitrogens is 1. The van der Waals surface area contributed by atoms with Gasteiger partial charge in [-0.1, -0.05) is 12.1 Å². The molecule has 2 aromatic rings. The maximum absolute atomic E-state index is 9.06. The van der Waals surface area contributed by atoms with E-state index < -0.39 is 0 Å². The highest BCUT2D eigenvalue weighted by Crippen LogP contribution is 2.29. The van der Waals surface area contributed by atoms with Gasteiger partial charge in [-0.25, -0.2) is 0 Å². The smallest absolute Gasteiger partial charge is 0.0676 e. The SMILES string of the molecule is N#C[C@H]1CNCC1c1ccc2cn[nH]c2c1. The number of hydrogen-bond donors (Lipinski definition) is 2. The van der Waals surface area contributed by atoms with Crippen molar-refractivity contribution in [3.05, 3.63) is 30.0 Å². The second-order valence-electron chi connectivity index (χ2n) is 4.22. The molecule has 2 atom stereocenters. The van der Waals surface area contributed by atoms with Crippen molar-refractivity contribution < 1.29 is 0 Å². The van der Waals surface area contributed by atoms with Gasteiger partial charge in [0.1, 0.15) is 0 Å². The Kier molecular flexibility index (Phi) is 2.12. The van der Waals surface area contributed by atoms with E-state index in [1.807, 2.05) is 6.20 Å². The normalized spacial score (nSPS) is 24.7. The molecule has 1 aliphatic rings. The highest BCUT2D eigenvalue weighted by molar-refractivity contribution is 5.78. The van der Waals surface area contributed by atoms with Crippen molar-refractivity contribution in [3.63, 3.8) is 0 Å². The molecule has 1 fully saturated rings. The van der Waals surface area contributed by atoms with Gasteiger partial charge in [0, 0.05) is 24.4 Å². The Balaban J connectivity index is 2.02. The summed E-state index contributed by atoms with van der Waals surface area (Å²) in [6, 6.07) is 8.62. The molecule has 0 saturated carbocycles. The summed E-state index contributed by atoms with van der Waals surface area (Å²) in [7, 11) is 0. The van der Waals surface area contributed by atoms with E-state index in [1.165, 1.54) is 5.56 Å². The second kappa shape index (κ2) is 3.62. The van der Waals surface area contributed by atoms with Crippen LogP contribution in [0.4, 0.5) is 0 Å². The van der Waals surface area contributed by atoms with Gasteiger partial charge in [0.15, 0.2) is 0 Å². The van der Waals surface area contributed by atoms with Crippen LogP contribution in [0, 0.1) is 17.2 Å². The van der Waals surface area contributed by atoms with Gasteiger partial charge in [-0.15, -0.1) is 0 Å². The first-order valence-electron chi connectivity index (χ1n) is 5.42. The van der Waals surface area contributed by atoms with Gasteiger partial charge < -0.3 is 5.32 Å². The Bertz CT molecular complexity index is 551. The van der Waals surface area contributed by atoms with Crippen LogP contribution in [0.15, 0.2) is 24.4 Å². The quantitative estimate of drug-likeness (QED) is 0.750. The second-order valence-corrected chi connectivity index (χ2v) is 4.22. The Labute approximate surface area is 93.3 Å². The lowest BCUT2D eigenvalue weighted by Gasteiger charge is -2.12. The molecule has 2 N–H and O–H groups in total. The molecule has 1 saturated heterocycles. The summed E-state index contributed by atoms with van der Waals surface area (Å²) < 4.78 is 0. The van der Waals surface area contributed by atoms with Gasteiger partial charge in [-0.3, -0.25) is 5.10 Å². The van der Waals surface area contributed by atoms with Gasteiger partial charge in [0.05, 0.1) is 23.7 Å². The van der Waals surface area contributed by atoms with Gasteiger partial charge in [0.25, 0.3) is 0 Å². The van der Waals surface area contributed by atoms with Crippen LogP contribution in [0.5, 0.6) is 0 Å². The molecular weight excluding hydrogens is 200 g/mol. The summed E-state index contributed by atoms with van der Waals surface area (Å²) in [4.78, 5) is 0. The molecule has 1 aromatic carbocycles. The van der Waals surface area contributed by atoms with Gasteiger partial charge in [0.2, 0.25) is 0 Å². The number of rotatable bonds is 1. The third kappa shape index (κ3) is 1.37. The van der Waals surface area contributed by atoms with Crippen molar-refractivity contribution in [1.29, 1.82) is 5.26 Å². The first-order chi connectivity index (χ1) is 7.88. The fraction of sp³-hybridized carbons (Fsp3) is 0.333. The van der Waals surface area contributed by atoms with Gasteiger partial charge >= 0.3 is 0 Å². The zero-order valence-electron chi connectivity index (χ0n) is 8.77. The van der Waals surface area contributed by atoms with Crippen molar-refractivity contribution in [2.75, 3.05) is 13.1 Å². The van der Waals surface area contributed by atoms with Gasteiger partial charge in [-0.2, -0.15) is 10.4 Å². The Morgan fingerprint density at radius 2 is 2.31 bits per heavy atom. The van der Waals surface area contributed by atoms with Crippen LogP contribution >= 0.6 is 0 Å². The predicted octanol–water partition coefficient (Wildman–Crippen LogP) is 1.39. The van der Waals surface area contributed by atoms with E-state index in [0.29, 0.717) is 5.92 Å². The predicted molar refractivity (Wildman–Crippen MR) is 60.8 cm³/mol. The number of nitriles is 1. The Morgan fingerprint density at radius 1 is 1.38 bits per heavy atom. The number of fused-ring (bicyclic) bond motifs is 1. The number of nitrogens with one attached hydrogen (secondary N) is 2. The number of aromatic amines is 1. The van der Waals surface area contributed by atoms with E-state index in [1.54, 1.807) is 0 Å². The summed E-state index contributed by atoms with van der Waals surface area (Å²) in [5.74, 6) is 0.387. The van der Waals surface area contributed by atoms with Crippen LogP contribution in [0.25, 0.3) is 10.9 Å². The first kappa shape index (κ1) is 9.37. The third-order valence-electron chi connectivity index (χ3n) is 3.27. The lowest BCUT2D eigenvalue weighted by Crippen LogP contribution is -2.08. The Hall–Kier alpha value is -1.86. The molecule has 0 bridgehead atoms. The standard InChI is InChI=1S/C12H12N4/c13-4-10-5-14-7-11(10)8-1-2-9-6-15-16-12(9)3-8/h1-3,6,10-11,14H,5,7H2,(H,15,16)/t10-,11?/m0/s1. The molecule has 16 heavy (non-hydrogen) atoms. The summed E-state index contributed by atoms with van der Waals surface area (Å²) in [5, 5.41) is 20.4. The summed E-state index contributed by atoms with van der Waals surface area (Å²) in [5.41, 5.74) is 2.26. The van der Waals surface area contributed by atoms with Gasteiger partial charge in [-0.05, 0) is 11.6 Å². The number of benzene rings is 1. The highest BCUT2D eigenvalue weighted by Gasteiger charge is 2.28. The van der Waals surface area contributed by atoms with E-state index in [4.69, 9.17) is 5.26 Å². The monoisotopic (exact) mass is 212 g/mol. The van der Waals surface area contributed by atoms with Crippen LogP contribution in [0.3, 0.4) is 0 Å². The van der Waals surface area contributed by atoms with Crippen molar-refractivity contribution in [2.24, 2.45) is 5.92 Å². The zero-order chi connectivity index (χ0) is 11.0. The van der Waals surface area contributed by atoms with Crippen molar-refractivity contribution in [3.8, 4) is 6.07 Å². The number of aromatic nitrogens is 2.